The van der Waals surface area contributed by atoms with Gasteiger partial charge in [-0.2, -0.15) is 0 Å². The topological polar surface area (TPSA) is 90.4 Å². The monoisotopic (exact) mass is 314 g/mol. The highest BCUT2D eigenvalue weighted by atomic mass is 16.5. The predicted molar refractivity (Wildman–Crippen MR) is 83.7 cm³/mol. The van der Waals surface area contributed by atoms with Crippen LogP contribution in [-0.2, 0) is 4.74 Å². The van der Waals surface area contributed by atoms with Gasteiger partial charge in [-0.1, -0.05) is 12.1 Å². The number of amides is 2. The molecule has 1 aliphatic rings. The zero-order valence-electron chi connectivity index (χ0n) is 13.0. The fourth-order valence-corrected chi connectivity index (χ4v) is 2.47. The quantitative estimate of drug-likeness (QED) is 0.913. The summed E-state index contributed by atoms with van der Waals surface area (Å²) in [7, 11) is 0. The van der Waals surface area contributed by atoms with E-state index in [-0.39, 0.29) is 18.3 Å². The second kappa shape index (κ2) is 5.51. The fourth-order valence-electron chi connectivity index (χ4n) is 2.47. The number of carbonyl (C=O) groups is 2. The van der Waals surface area contributed by atoms with Gasteiger partial charge in [-0.15, -0.1) is 0 Å². The van der Waals surface area contributed by atoms with Gasteiger partial charge < -0.3 is 10.5 Å². The summed E-state index contributed by atoms with van der Waals surface area (Å²) in [6.45, 7) is 4.69. The van der Waals surface area contributed by atoms with E-state index in [1.54, 1.807) is 35.4 Å². The molecule has 0 aliphatic carbocycles. The molecule has 7 nitrogen and oxygen atoms in total. The van der Waals surface area contributed by atoms with Crippen LogP contribution in [0.2, 0.25) is 0 Å². The number of hydrogen-bond acceptors (Lipinski definition) is 4. The van der Waals surface area contributed by atoms with Gasteiger partial charge in [0.1, 0.15) is 13.1 Å². The van der Waals surface area contributed by atoms with Crippen molar-refractivity contribution in [1.82, 2.24) is 14.5 Å². The molecule has 1 saturated heterocycles. The largest absolute Gasteiger partial charge is 0.366 e. The van der Waals surface area contributed by atoms with Crippen molar-refractivity contribution < 1.29 is 14.3 Å². The molecule has 0 bridgehead atoms. The summed E-state index contributed by atoms with van der Waals surface area (Å²) < 4.78 is 6.81. The van der Waals surface area contributed by atoms with Gasteiger partial charge in [0.25, 0.3) is 0 Å². The van der Waals surface area contributed by atoms with E-state index in [4.69, 9.17) is 10.5 Å². The molecule has 1 aromatic carbocycles. The lowest BCUT2D eigenvalue weighted by Gasteiger charge is -2.28. The summed E-state index contributed by atoms with van der Waals surface area (Å²) in [6, 6.07) is 6.59. The number of nitrogens with two attached hydrogens (primary N) is 1. The third-order valence-corrected chi connectivity index (χ3v) is 3.91. The molecule has 0 spiro atoms. The molecule has 23 heavy (non-hydrogen) atoms. The molecular weight excluding hydrogens is 296 g/mol. The van der Waals surface area contributed by atoms with Crippen molar-refractivity contribution in [2.75, 3.05) is 13.3 Å². The van der Waals surface area contributed by atoms with Crippen molar-refractivity contribution in [2.45, 2.75) is 19.4 Å². The lowest BCUT2D eigenvalue weighted by Crippen LogP contribution is -2.45. The van der Waals surface area contributed by atoms with E-state index in [1.807, 2.05) is 13.8 Å². The molecule has 0 radical (unpaired) electrons. The van der Waals surface area contributed by atoms with E-state index in [0.717, 1.165) is 5.56 Å². The first-order valence-corrected chi connectivity index (χ1v) is 7.22. The molecule has 2 amide bonds. The van der Waals surface area contributed by atoms with Crippen molar-refractivity contribution >= 4 is 11.9 Å². The molecule has 7 heteroatoms. The van der Waals surface area contributed by atoms with Crippen LogP contribution in [0.5, 0.6) is 0 Å². The van der Waals surface area contributed by atoms with Crippen molar-refractivity contribution in [1.29, 1.82) is 0 Å². The van der Waals surface area contributed by atoms with Crippen molar-refractivity contribution in [2.24, 2.45) is 5.73 Å². The van der Waals surface area contributed by atoms with Crippen LogP contribution in [0.15, 0.2) is 36.8 Å². The summed E-state index contributed by atoms with van der Waals surface area (Å²) >= 11 is 0. The van der Waals surface area contributed by atoms with Crippen molar-refractivity contribution in [3.63, 3.8) is 0 Å². The Morgan fingerprint density at radius 2 is 1.96 bits per heavy atom. The van der Waals surface area contributed by atoms with Gasteiger partial charge in [0.05, 0.1) is 17.8 Å². The van der Waals surface area contributed by atoms with Crippen LogP contribution < -0.4 is 5.73 Å². The molecule has 2 N–H and O–H groups in total. The second-order valence-electron chi connectivity index (χ2n) is 6.11. The predicted octanol–water partition coefficient (Wildman–Crippen LogP) is 1.69. The van der Waals surface area contributed by atoms with E-state index in [2.05, 4.69) is 4.98 Å². The lowest BCUT2D eigenvalue weighted by molar-refractivity contribution is 0.1000. The molecule has 1 fully saturated rings. The molecule has 2 aromatic rings. The first kappa shape index (κ1) is 15.2. The Morgan fingerprint density at radius 3 is 2.52 bits per heavy atom. The summed E-state index contributed by atoms with van der Waals surface area (Å²) in [6.07, 6.45) is 3.14. The van der Waals surface area contributed by atoms with Crippen LogP contribution in [0.1, 0.15) is 24.2 Å². The molecule has 2 heterocycles. The third kappa shape index (κ3) is 2.83. The Morgan fingerprint density at radius 1 is 1.26 bits per heavy atom. The third-order valence-electron chi connectivity index (χ3n) is 3.91. The van der Waals surface area contributed by atoms with Gasteiger partial charge in [0.2, 0.25) is 5.91 Å². The smallest absolute Gasteiger partial charge is 0.331 e. The maximum atomic E-state index is 12.6. The second-order valence-corrected chi connectivity index (χ2v) is 6.11. The molecule has 1 aliphatic heterocycles. The minimum atomic E-state index is -0.478. The first-order valence-electron chi connectivity index (χ1n) is 7.22. The number of primary amides is 1. The summed E-state index contributed by atoms with van der Waals surface area (Å²) in [4.78, 5) is 29.6. The average molecular weight is 314 g/mol. The number of rotatable bonds is 2. The Balaban J connectivity index is 1.83. The molecule has 0 atom stereocenters. The minimum Gasteiger partial charge on any atom is -0.366 e. The molecule has 1 aromatic heterocycles. The van der Waals surface area contributed by atoms with Crippen molar-refractivity contribution in [3.05, 3.63) is 42.4 Å². The Bertz CT molecular complexity index is 749. The zero-order valence-corrected chi connectivity index (χ0v) is 13.0. The Kier molecular flexibility index (Phi) is 3.65. The number of ether oxygens (including phenoxy) is 1. The van der Waals surface area contributed by atoms with Gasteiger partial charge in [-0.25, -0.2) is 9.78 Å². The average Bonchev–Trinajstić information content (AvgIpc) is 3.13. The van der Waals surface area contributed by atoms with Crippen LogP contribution in [0.3, 0.4) is 0 Å². The number of imidazole rings is 1. The summed E-state index contributed by atoms with van der Waals surface area (Å²) in [5.74, 6) is -0.478. The summed E-state index contributed by atoms with van der Waals surface area (Å²) in [5.41, 5.74) is 6.76. The van der Waals surface area contributed by atoms with Gasteiger partial charge in [-0.05, 0) is 26.0 Å². The standard InChI is InChI=1S/C16H18N4O3/c1-16(2)8-23-10-20(16)15(22)19-7-13(18-9-19)11-3-5-12(6-4-11)14(17)21/h3-7,9H,8,10H2,1-2H3,(H2,17,21). The molecule has 120 valence electrons. The van der Waals surface area contributed by atoms with Gasteiger partial charge >= 0.3 is 6.03 Å². The number of nitrogens with zero attached hydrogens (tertiary/aromatic N) is 3. The van der Waals surface area contributed by atoms with Crippen LogP contribution in [0.4, 0.5) is 4.79 Å². The number of benzene rings is 1. The maximum Gasteiger partial charge on any atom is 0.331 e. The van der Waals surface area contributed by atoms with Gasteiger partial charge in [0.15, 0.2) is 0 Å². The highest BCUT2D eigenvalue weighted by Gasteiger charge is 2.37. The molecular formula is C16H18N4O3. The zero-order chi connectivity index (χ0) is 16.6. The Labute approximate surface area is 133 Å². The van der Waals surface area contributed by atoms with Crippen LogP contribution >= 0.6 is 0 Å². The molecule has 0 unspecified atom stereocenters. The summed E-state index contributed by atoms with van der Waals surface area (Å²) in [5, 5.41) is 0. The van der Waals surface area contributed by atoms with Crippen LogP contribution in [0.25, 0.3) is 11.3 Å². The minimum absolute atomic E-state index is 0.181. The highest BCUT2D eigenvalue weighted by Crippen LogP contribution is 2.23. The lowest BCUT2D eigenvalue weighted by atomic mass is 10.1. The fraction of sp³-hybridized carbons (Fsp3) is 0.312. The van der Waals surface area contributed by atoms with E-state index in [9.17, 15) is 9.59 Å². The number of carbonyl (C=O) groups excluding carboxylic acids is 2. The normalized spacial score (nSPS) is 16.5. The SMILES string of the molecule is CC1(C)COCN1C(=O)n1cnc(-c2ccc(C(N)=O)cc2)c1. The maximum absolute atomic E-state index is 12.6. The van der Waals surface area contributed by atoms with E-state index >= 15 is 0 Å². The van der Waals surface area contributed by atoms with Crippen molar-refractivity contribution in [3.8, 4) is 11.3 Å². The van der Waals surface area contributed by atoms with Gasteiger partial charge in [0, 0.05) is 17.3 Å². The van der Waals surface area contributed by atoms with E-state index in [0.29, 0.717) is 17.9 Å². The number of aromatic nitrogens is 2. The van der Waals surface area contributed by atoms with Crippen LogP contribution in [0, 0.1) is 0 Å². The van der Waals surface area contributed by atoms with E-state index in [1.165, 1.54) is 10.9 Å². The van der Waals surface area contributed by atoms with Crippen LogP contribution in [-0.4, -0.2) is 45.3 Å². The Hall–Kier alpha value is -2.67. The highest BCUT2D eigenvalue weighted by molar-refractivity contribution is 5.93. The first-order chi connectivity index (χ1) is 10.9. The molecule has 3 rings (SSSR count). The van der Waals surface area contributed by atoms with Gasteiger partial charge in [-0.3, -0.25) is 14.3 Å². The molecule has 0 saturated carbocycles. The van der Waals surface area contributed by atoms with E-state index < -0.39 is 5.91 Å². The number of hydrogen-bond donors (Lipinski definition) is 1.